The number of rotatable bonds is 14. The Labute approximate surface area is 262 Å². The first-order valence-electron chi connectivity index (χ1n) is 16.1. The standard InChI is InChI=1S/C38H46N4O2/c1-29(27-39-37(43)34-22-21-30-14-9-10-19-33(30)26-34)40-36(20-13-25-42-23-11-12-24-42)38(44)41(2)28-35(31-15-5-3-6-16-31)32-17-7-4-8-18-32/h3-10,14-19,21-22,26,29,35-36,40H,11-13,20,23-25,27-28H2,1-2H3,(H,39,43)/t29?,36-/m0/s1. The highest BCUT2D eigenvalue weighted by Gasteiger charge is 2.27. The third-order valence-electron chi connectivity index (χ3n) is 8.77. The summed E-state index contributed by atoms with van der Waals surface area (Å²) in [5.74, 6) is 0.0678. The maximum atomic E-state index is 14.1. The number of amides is 2. The quantitative estimate of drug-likeness (QED) is 0.187. The first kappa shape index (κ1) is 31.4. The molecule has 1 heterocycles. The minimum Gasteiger partial charge on any atom is -0.350 e. The summed E-state index contributed by atoms with van der Waals surface area (Å²) in [6, 6.07) is 34.3. The molecule has 5 rings (SSSR count). The van der Waals surface area contributed by atoms with Crippen molar-refractivity contribution in [2.24, 2.45) is 0 Å². The van der Waals surface area contributed by atoms with Gasteiger partial charge in [0.05, 0.1) is 6.04 Å². The topological polar surface area (TPSA) is 64.7 Å². The number of likely N-dealkylation sites (tertiary alicyclic amines) is 1. The minimum atomic E-state index is -0.331. The van der Waals surface area contributed by atoms with E-state index >= 15 is 0 Å². The summed E-state index contributed by atoms with van der Waals surface area (Å²) in [6.07, 6.45) is 4.23. The van der Waals surface area contributed by atoms with Gasteiger partial charge in [-0.15, -0.1) is 0 Å². The molecule has 1 fully saturated rings. The van der Waals surface area contributed by atoms with E-state index in [2.05, 4.69) is 64.1 Å². The van der Waals surface area contributed by atoms with Gasteiger partial charge in [0.15, 0.2) is 0 Å². The number of nitrogens with one attached hydrogen (secondary N) is 2. The SMILES string of the molecule is CC(CNC(=O)c1ccc2ccccc2c1)N[C@@H](CCCN1CCCC1)C(=O)N(C)CC(c1ccccc1)c1ccccc1. The molecule has 4 aromatic rings. The van der Waals surface area contributed by atoms with Crippen LogP contribution >= 0.6 is 0 Å². The van der Waals surface area contributed by atoms with Crippen molar-refractivity contribution in [3.8, 4) is 0 Å². The van der Waals surface area contributed by atoms with Crippen LogP contribution in [0.4, 0.5) is 0 Å². The first-order chi connectivity index (χ1) is 21.5. The number of hydrogen-bond acceptors (Lipinski definition) is 4. The largest absolute Gasteiger partial charge is 0.350 e. The molecule has 0 spiro atoms. The van der Waals surface area contributed by atoms with Crippen LogP contribution in [0.3, 0.4) is 0 Å². The Hall–Kier alpha value is -4.00. The molecule has 0 saturated carbocycles. The van der Waals surface area contributed by atoms with Crippen molar-refractivity contribution in [1.82, 2.24) is 20.4 Å². The maximum Gasteiger partial charge on any atom is 0.251 e. The predicted octanol–water partition coefficient (Wildman–Crippen LogP) is 6.08. The van der Waals surface area contributed by atoms with Crippen LogP contribution in [0.1, 0.15) is 60.0 Å². The number of carbonyl (C=O) groups is 2. The summed E-state index contributed by atoms with van der Waals surface area (Å²) in [5, 5.41) is 8.82. The van der Waals surface area contributed by atoms with Gasteiger partial charge in [-0.25, -0.2) is 0 Å². The monoisotopic (exact) mass is 590 g/mol. The predicted molar refractivity (Wildman–Crippen MR) is 180 cm³/mol. The zero-order chi connectivity index (χ0) is 30.7. The van der Waals surface area contributed by atoms with Crippen LogP contribution < -0.4 is 10.6 Å². The molecule has 230 valence electrons. The fourth-order valence-corrected chi connectivity index (χ4v) is 6.29. The molecule has 4 aromatic carbocycles. The molecular formula is C38H46N4O2. The highest BCUT2D eigenvalue weighted by atomic mass is 16.2. The third kappa shape index (κ3) is 8.55. The van der Waals surface area contributed by atoms with E-state index in [0.717, 1.165) is 43.2 Å². The zero-order valence-electron chi connectivity index (χ0n) is 26.1. The van der Waals surface area contributed by atoms with Gasteiger partial charge in [-0.3, -0.25) is 9.59 Å². The lowest BCUT2D eigenvalue weighted by atomic mass is 9.90. The number of carbonyl (C=O) groups excluding carboxylic acids is 2. The summed E-state index contributed by atoms with van der Waals surface area (Å²) >= 11 is 0. The molecule has 1 aliphatic heterocycles. The number of fused-ring (bicyclic) bond motifs is 1. The van der Waals surface area contributed by atoms with Crippen LogP contribution in [0.2, 0.25) is 0 Å². The Morgan fingerprint density at radius 2 is 1.43 bits per heavy atom. The molecular weight excluding hydrogens is 544 g/mol. The lowest BCUT2D eigenvalue weighted by molar-refractivity contribution is -0.132. The minimum absolute atomic E-state index is 0.0763. The summed E-state index contributed by atoms with van der Waals surface area (Å²) < 4.78 is 0. The normalized spacial score (nSPS) is 14.9. The maximum absolute atomic E-state index is 14.1. The van der Waals surface area contributed by atoms with Gasteiger partial charge >= 0.3 is 0 Å². The summed E-state index contributed by atoms with van der Waals surface area (Å²) in [4.78, 5) is 31.4. The second-order valence-corrected chi connectivity index (χ2v) is 12.2. The Bertz CT molecular complexity index is 1450. The van der Waals surface area contributed by atoms with Gasteiger partial charge in [-0.2, -0.15) is 0 Å². The van der Waals surface area contributed by atoms with Gasteiger partial charge in [-0.05, 0) is 86.3 Å². The van der Waals surface area contributed by atoms with Crippen molar-refractivity contribution in [2.75, 3.05) is 39.8 Å². The van der Waals surface area contributed by atoms with Gasteiger partial charge in [0.25, 0.3) is 5.91 Å². The third-order valence-corrected chi connectivity index (χ3v) is 8.77. The van der Waals surface area contributed by atoms with Gasteiger partial charge in [0, 0.05) is 37.7 Å². The van der Waals surface area contributed by atoms with Crippen molar-refractivity contribution >= 4 is 22.6 Å². The Morgan fingerprint density at radius 1 is 0.818 bits per heavy atom. The number of likely N-dealkylation sites (N-methyl/N-ethyl adjacent to an activating group) is 1. The van der Waals surface area contributed by atoms with Gasteiger partial charge in [-0.1, -0.05) is 91.0 Å². The van der Waals surface area contributed by atoms with Gasteiger partial charge in [0.2, 0.25) is 5.91 Å². The van der Waals surface area contributed by atoms with Crippen molar-refractivity contribution in [2.45, 2.75) is 50.6 Å². The van der Waals surface area contributed by atoms with E-state index in [1.165, 1.54) is 24.0 Å². The second kappa shape index (κ2) is 15.6. The Morgan fingerprint density at radius 3 is 2.09 bits per heavy atom. The van der Waals surface area contributed by atoms with Crippen LogP contribution in [0, 0.1) is 0 Å². The van der Waals surface area contributed by atoms with Crippen LogP contribution in [-0.4, -0.2) is 73.5 Å². The fourth-order valence-electron chi connectivity index (χ4n) is 6.29. The van der Waals surface area contributed by atoms with Gasteiger partial charge < -0.3 is 20.4 Å². The molecule has 44 heavy (non-hydrogen) atoms. The van der Waals surface area contributed by atoms with E-state index in [9.17, 15) is 9.59 Å². The van der Waals surface area contributed by atoms with E-state index in [-0.39, 0.29) is 29.8 Å². The van der Waals surface area contributed by atoms with Crippen LogP contribution in [0.25, 0.3) is 10.8 Å². The number of nitrogens with zero attached hydrogens (tertiary/aromatic N) is 2. The molecule has 2 N–H and O–H groups in total. The molecule has 0 aromatic heterocycles. The average molecular weight is 591 g/mol. The van der Waals surface area contributed by atoms with E-state index in [1.54, 1.807) is 0 Å². The molecule has 0 bridgehead atoms. The molecule has 1 saturated heterocycles. The lowest BCUT2D eigenvalue weighted by Crippen LogP contribution is -2.51. The molecule has 2 atom stereocenters. The zero-order valence-corrected chi connectivity index (χ0v) is 26.1. The molecule has 0 radical (unpaired) electrons. The van der Waals surface area contributed by atoms with Crippen molar-refractivity contribution in [3.05, 3.63) is 120 Å². The van der Waals surface area contributed by atoms with E-state index < -0.39 is 0 Å². The Kier molecular flexibility index (Phi) is 11.2. The number of hydrogen-bond donors (Lipinski definition) is 2. The fraction of sp³-hybridized carbons (Fsp3) is 0.368. The molecule has 1 unspecified atom stereocenters. The summed E-state index contributed by atoms with van der Waals surface area (Å²) in [5.41, 5.74) is 3.03. The van der Waals surface area contributed by atoms with Gasteiger partial charge in [0.1, 0.15) is 0 Å². The van der Waals surface area contributed by atoms with Crippen molar-refractivity contribution < 1.29 is 9.59 Å². The summed E-state index contributed by atoms with van der Waals surface area (Å²) in [6.45, 7) is 6.38. The smallest absolute Gasteiger partial charge is 0.251 e. The van der Waals surface area contributed by atoms with E-state index in [1.807, 2.05) is 73.5 Å². The van der Waals surface area contributed by atoms with E-state index in [4.69, 9.17) is 0 Å². The van der Waals surface area contributed by atoms with Crippen molar-refractivity contribution in [1.29, 1.82) is 0 Å². The lowest BCUT2D eigenvalue weighted by Gasteiger charge is -2.30. The van der Waals surface area contributed by atoms with Crippen molar-refractivity contribution in [3.63, 3.8) is 0 Å². The second-order valence-electron chi connectivity index (χ2n) is 12.2. The number of benzene rings is 4. The highest BCUT2D eigenvalue weighted by molar-refractivity contribution is 5.98. The first-order valence-corrected chi connectivity index (χ1v) is 16.1. The highest BCUT2D eigenvalue weighted by Crippen LogP contribution is 2.26. The van der Waals surface area contributed by atoms with E-state index in [0.29, 0.717) is 18.7 Å². The molecule has 6 nitrogen and oxygen atoms in total. The average Bonchev–Trinajstić information content (AvgIpc) is 3.59. The molecule has 2 amide bonds. The molecule has 6 heteroatoms. The Balaban J connectivity index is 1.24. The van der Waals surface area contributed by atoms with Crippen LogP contribution in [0.5, 0.6) is 0 Å². The van der Waals surface area contributed by atoms with Crippen LogP contribution in [0.15, 0.2) is 103 Å². The van der Waals surface area contributed by atoms with Crippen LogP contribution in [-0.2, 0) is 4.79 Å². The summed E-state index contributed by atoms with van der Waals surface area (Å²) in [7, 11) is 1.92. The molecule has 0 aliphatic carbocycles. The molecule has 1 aliphatic rings.